The average molecular weight is 287 g/mol. The molecule has 0 aliphatic carbocycles. The summed E-state index contributed by atoms with van der Waals surface area (Å²) in [6.45, 7) is 3.73. The number of nitrogens with one attached hydrogen (secondary N) is 1. The number of ether oxygens (including phenoxy) is 1. The Labute approximate surface area is 104 Å². The van der Waals surface area contributed by atoms with Crippen molar-refractivity contribution in [3.05, 3.63) is 22.9 Å². The minimum atomic E-state index is -0.460. The molecule has 0 bridgehead atoms. The van der Waals surface area contributed by atoms with Crippen molar-refractivity contribution in [1.29, 1.82) is 0 Å². The van der Waals surface area contributed by atoms with Crippen LogP contribution in [0.4, 0.5) is 5.69 Å². The van der Waals surface area contributed by atoms with Gasteiger partial charge >= 0.3 is 0 Å². The molecule has 0 saturated carbocycles. The maximum atomic E-state index is 11.7. The first-order chi connectivity index (χ1) is 7.44. The number of rotatable bonds is 4. The third-order valence-corrected chi connectivity index (χ3v) is 2.80. The molecule has 16 heavy (non-hydrogen) atoms. The Bertz CT molecular complexity index is 380. The number of anilines is 1. The molecule has 1 heterocycles. The Balaban J connectivity index is 2.62. The highest BCUT2D eigenvalue weighted by Gasteiger charge is 2.21. The zero-order chi connectivity index (χ0) is 12.2. The standard InChI is InChI=1S/C11H15BrN2O2/c1-11(2,16-3)7-9(15)14-8-5-4-6-13-10(8)12/h4-6H,7H2,1-3H3,(H,14,15). The second-order valence-electron chi connectivity index (χ2n) is 4.03. The molecule has 1 aromatic heterocycles. The van der Waals surface area contributed by atoms with E-state index in [0.717, 1.165) is 0 Å². The predicted molar refractivity (Wildman–Crippen MR) is 66.3 cm³/mol. The monoisotopic (exact) mass is 286 g/mol. The van der Waals surface area contributed by atoms with Crippen molar-refractivity contribution in [2.75, 3.05) is 12.4 Å². The minimum Gasteiger partial charge on any atom is -0.378 e. The van der Waals surface area contributed by atoms with Gasteiger partial charge in [0.15, 0.2) is 0 Å². The number of methoxy groups -OCH3 is 1. The van der Waals surface area contributed by atoms with Crippen molar-refractivity contribution >= 4 is 27.5 Å². The summed E-state index contributed by atoms with van der Waals surface area (Å²) in [4.78, 5) is 15.7. The first-order valence-corrected chi connectivity index (χ1v) is 5.69. The van der Waals surface area contributed by atoms with Gasteiger partial charge < -0.3 is 10.1 Å². The van der Waals surface area contributed by atoms with E-state index in [1.807, 2.05) is 13.8 Å². The molecule has 0 aromatic carbocycles. The molecule has 0 aliphatic heterocycles. The van der Waals surface area contributed by atoms with Crippen LogP contribution in [0.25, 0.3) is 0 Å². The SMILES string of the molecule is COC(C)(C)CC(=O)Nc1cccnc1Br. The highest BCUT2D eigenvalue weighted by atomic mass is 79.9. The fraction of sp³-hybridized carbons (Fsp3) is 0.455. The van der Waals surface area contributed by atoms with E-state index in [9.17, 15) is 4.79 Å². The van der Waals surface area contributed by atoms with E-state index < -0.39 is 5.60 Å². The van der Waals surface area contributed by atoms with E-state index in [0.29, 0.717) is 16.7 Å². The first-order valence-electron chi connectivity index (χ1n) is 4.90. The van der Waals surface area contributed by atoms with Gasteiger partial charge in [-0.2, -0.15) is 0 Å². The summed E-state index contributed by atoms with van der Waals surface area (Å²) in [5.74, 6) is -0.0967. The number of carbonyl (C=O) groups is 1. The molecule has 88 valence electrons. The lowest BCUT2D eigenvalue weighted by Gasteiger charge is -2.21. The van der Waals surface area contributed by atoms with Crippen LogP contribution in [0.5, 0.6) is 0 Å². The molecular weight excluding hydrogens is 272 g/mol. The lowest BCUT2D eigenvalue weighted by atomic mass is 10.1. The maximum absolute atomic E-state index is 11.7. The average Bonchev–Trinajstić information content (AvgIpc) is 2.21. The van der Waals surface area contributed by atoms with Crippen molar-refractivity contribution in [2.24, 2.45) is 0 Å². The van der Waals surface area contributed by atoms with E-state index >= 15 is 0 Å². The molecule has 0 unspecified atom stereocenters. The van der Waals surface area contributed by atoms with Crippen LogP contribution < -0.4 is 5.32 Å². The van der Waals surface area contributed by atoms with E-state index in [-0.39, 0.29) is 5.91 Å². The van der Waals surface area contributed by atoms with Gasteiger partial charge in [0.2, 0.25) is 5.91 Å². The van der Waals surface area contributed by atoms with Crippen LogP contribution in [-0.2, 0) is 9.53 Å². The summed E-state index contributed by atoms with van der Waals surface area (Å²) in [5, 5.41) is 2.77. The highest BCUT2D eigenvalue weighted by molar-refractivity contribution is 9.10. The number of hydrogen-bond acceptors (Lipinski definition) is 3. The smallest absolute Gasteiger partial charge is 0.227 e. The molecule has 0 fully saturated rings. The highest BCUT2D eigenvalue weighted by Crippen LogP contribution is 2.20. The van der Waals surface area contributed by atoms with Gasteiger partial charge in [0, 0.05) is 13.3 Å². The second-order valence-corrected chi connectivity index (χ2v) is 4.78. The van der Waals surface area contributed by atoms with Gasteiger partial charge in [0.05, 0.1) is 17.7 Å². The number of pyridine rings is 1. The molecule has 1 amide bonds. The van der Waals surface area contributed by atoms with Gasteiger partial charge in [-0.05, 0) is 41.9 Å². The quantitative estimate of drug-likeness (QED) is 0.866. The number of amides is 1. The van der Waals surface area contributed by atoms with E-state index in [4.69, 9.17) is 4.74 Å². The van der Waals surface area contributed by atoms with Crippen LogP contribution in [0.1, 0.15) is 20.3 Å². The van der Waals surface area contributed by atoms with E-state index in [2.05, 4.69) is 26.2 Å². The zero-order valence-corrected chi connectivity index (χ0v) is 11.2. The van der Waals surface area contributed by atoms with E-state index in [1.165, 1.54) is 0 Å². The lowest BCUT2D eigenvalue weighted by molar-refractivity contribution is -0.121. The van der Waals surface area contributed by atoms with Gasteiger partial charge in [-0.25, -0.2) is 4.98 Å². The van der Waals surface area contributed by atoms with Gasteiger partial charge in [0.25, 0.3) is 0 Å². The Hall–Kier alpha value is -0.940. The van der Waals surface area contributed by atoms with Crippen LogP contribution in [0.2, 0.25) is 0 Å². The Kier molecular flexibility index (Phi) is 4.44. The molecule has 1 rings (SSSR count). The fourth-order valence-corrected chi connectivity index (χ4v) is 1.48. The van der Waals surface area contributed by atoms with Crippen LogP contribution in [0, 0.1) is 0 Å². The summed E-state index contributed by atoms with van der Waals surface area (Å²) >= 11 is 3.26. The first kappa shape index (κ1) is 13.1. The topological polar surface area (TPSA) is 51.2 Å². The Morgan fingerprint density at radius 3 is 2.88 bits per heavy atom. The molecule has 5 heteroatoms. The normalized spacial score (nSPS) is 11.2. The molecule has 0 saturated heterocycles. The molecule has 0 atom stereocenters. The van der Waals surface area contributed by atoms with Crippen LogP contribution >= 0.6 is 15.9 Å². The Morgan fingerprint density at radius 1 is 1.62 bits per heavy atom. The van der Waals surface area contributed by atoms with Crippen LogP contribution in [0.3, 0.4) is 0 Å². The van der Waals surface area contributed by atoms with Gasteiger partial charge in [0.1, 0.15) is 4.60 Å². The number of nitrogens with zero attached hydrogens (tertiary/aromatic N) is 1. The Morgan fingerprint density at radius 2 is 2.31 bits per heavy atom. The minimum absolute atomic E-state index is 0.0967. The van der Waals surface area contributed by atoms with Crippen molar-refractivity contribution in [3.63, 3.8) is 0 Å². The fourth-order valence-electron chi connectivity index (χ4n) is 1.13. The largest absolute Gasteiger partial charge is 0.378 e. The van der Waals surface area contributed by atoms with Crippen molar-refractivity contribution in [2.45, 2.75) is 25.9 Å². The van der Waals surface area contributed by atoms with Crippen molar-refractivity contribution in [3.8, 4) is 0 Å². The summed E-state index contributed by atoms with van der Waals surface area (Å²) in [7, 11) is 1.59. The number of carbonyl (C=O) groups excluding carboxylic acids is 1. The number of hydrogen-bond donors (Lipinski definition) is 1. The van der Waals surface area contributed by atoms with Gasteiger partial charge in [-0.3, -0.25) is 4.79 Å². The summed E-state index contributed by atoms with van der Waals surface area (Å²) in [6.07, 6.45) is 1.95. The summed E-state index contributed by atoms with van der Waals surface area (Å²) in [6, 6.07) is 3.55. The third kappa shape index (κ3) is 3.90. The lowest BCUT2D eigenvalue weighted by Crippen LogP contribution is -2.29. The van der Waals surface area contributed by atoms with Crippen LogP contribution in [-0.4, -0.2) is 23.6 Å². The molecule has 4 nitrogen and oxygen atoms in total. The summed E-state index contributed by atoms with van der Waals surface area (Å²) in [5.41, 5.74) is 0.207. The summed E-state index contributed by atoms with van der Waals surface area (Å²) < 4.78 is 5.81. The zero-order valence-electron chi connectivity index (χ0n) is 9.58. The third-order valence-electron chi connectivity index (χ3n) is 2.17. The van der Waals surface area contributed by atoms with Crippen molar-refractivity contribution in [1.82, 2.24) is 4.98 Å². The molecule has 0 radical (unpaired) electrons. The molecule has 0 spiro atoms. The van der Waals surface area contributed by atoms with Gasteiger partial charge in [-0.15, -0.1) is 0 Å². The number of aromatic nitrogens is 1. The molecular formula is C11H15BrN2O2. The molecule has 1 N–H and O–H groups in total. The molecule has 0 aliphatic rings. The van der Waals surface area contributed by atoms with Gasteiger partial charge in [-0.1, -0.05) is 0 Å². The van der Waals surface area contributed by atoms with E-state index in [1.54, 1.807) is 25.4 Å². The number of halogens is 1. The maximum Gasteiger partial charge on any atom is 0.227 e. The molecule has 1 aromatic rings. The van der Waals surface area contributed by atoms with Crippen LogP contribution in [0.15, 0.2) is 22.9 Å². The predicted octanol–water partition coefficient (Wildman–Crippen LogP) is 2.60. The second kappa shape index (κ2) is 5.41. The van der Waals surface area contributed by atoms with Crippen molar-refractivity contribution < 1.29 is 9.53 Å².